The van der Waals surface area contributed by atoms with E-state index < -0.39 is 78.0 Å². The van der Waals surface area contributed by atoms with Gasteiger partial charge in [-0.2, -0.15) is 0 Å². The maximum Gasteiger partial charge on any atom is 0.321 e. The number of carbonyl (C=O) groups excluding carboxylic acids is 4. The Morgan fingerprint density at radius 1 is 0.903 bits per heavy atom. The summed E-state index contributed by atoms with van der Waals surface area (Å²) in [5, 5.41) is 0. The van der Waals surface area contributed by atoms with E-state index in [-0.39, 0.29) is 0 Å². The van der Waals surface area contributed by atoms with Gasteiger partial charge < -0.3 is 23.7 Å². The molecule has 0 aromatic rings. The van der Waals surface area contributed by atoms with Crippen molar-refractivity contribution in [3.63, 3.8) is 0 Å². The molecule has 0 saturated carbocycles. The number of carbonyl (C=O) groups is 4. The largest absolute Gasteiger partial charge is 0.462 e. The minimum Gasteiger partial charge on any atom is -0.462 e. The second-order valence-electron chi connectivity index (χ2n) is 9.15. The van der Waals surface area contributed by atoms with Crippen LogP contribution in [0.15, 0.2) is 0 Å². The lowest BCUT2D eigenvalue weighted by atomic mass is 9.95. The van der Waals surface area contributed by atoms with Gasteiger partial charge in [-0.25, -0.2) is 4.39 Å². The maximum atomic E-state index is 15.4. The summed E-state index contributed by atoms with van der Waals surface area (Å²) in [5.41, 5.74) is -1.86. The minimum atomic E-state index is -2.07. The van der Waals surface area contributed by atoms with E-state index in [1.54, 1.807) is 41.5 Å². The first-order valence-corrected chi connectivity index (χ1v) is 10.2. The number of halogens is 2. The monoisotopic (exact) mass is 468 g/mol. The highest BCUT2D eigenvalue weighted by Crippen LogP contribution is 2.32. The molecule has 0 aliphatic carbocycles. The number of esters is 4. The number of rotatable bonds is 6. The molecule has 178 valence electrons. The molecule has 1 aliphatic rings. The topological polar surface area (TPSA) is 114 Å². The van der Waals surface area contributed by atoms with Gasteiger partial charge in [0.1, 0.15) is 18.6 Å². The van der Waals surface area contributed by atoms with Crippen LogP contribution in [0.4, 0.5) is 4.39 Å². The second-order valence-corrected chi connectivity index (χ2v) is 9.42. The van der Waals surface area contributed by atoms with Crippen LogP contribution in [0.2, 0.25) is 0 Å². The lowest BCUT2D eigenvalue weighted by Crippen LogP contribution is -2.61. The Balaban J connectivity index is 3.22. The molecular weight excluding hydrogens is 439 g/mol. The van der Waals surface area contributed by atoms with E-state index in [4.69, 9.17) is 35.3 Å². The molecule has 1 fully saturated rings. The van der Waals surface area contributed by atoms with Crippen molar-refractivity contribution in [3.8, 4) is 0 Å². The van der Waals surface area contributed by atoms with Crippen LogP contribution in [0.1, 0.15) is 48.5 Å². The highest BCUT2D eigenvalue weighted by molar-refractivity contribution is 6.26. The highest BCUT2D eigenvalue weighted by atomic mass is 35.5. The zero-order chi connectivity index (χ0) is 24.1. The Morgan fingerprint density at radius 3 is 1.90 bits per heavy atom. The van der Waals surface area contributed by atoms with Gasteiger partial charge in [0.2, 0.25) is 12.4 Å². The minimum absolute atomic E-state index is 0.547. The molecule has 1 rings (SSSR count). The van der Waals surface area contributed by atoms with Crippen LogP contribution in [-0.4, -0.2) is 67.1 Å². The van der Waals surface area contributed by atoms with E-state index in [0.29, 0.717) is 0 Å². The normalized spacial score (nSPS) is 26.5. The van der Waals surface area contributed by atoms with Gasteiger partial charge in [0.05, 0.1) is 10.8 Å². The van der Waals surface area contributed by atoms with Crippen molar-refractivity contribution in [1.29, 1.82) is 0 Å². The summed E-state index contributed by atoms with van der Waals surface area (Å²) < 4.78 is 41.3. The Labute approximate surface area is 185 Å². The van der Waals surface area contributed by atoms with Crippen molar-refractivity contribution in [2.45, 2.75) is 79.2 Å². The van der Waals surface area contributed by atoms with Crippen LogP contribution in [0.3, 0.4) is 0 Å². The van der Waals surface area contributed by atoms with Crippen molar-refractivity contribution >= 4 is 35.5 Å². The molecule has 0 radical (unpaired) electrons. The Hall–Kier alpha value is -1.94. The average Bonchev–Trinajstić information content (AvgIpc) is 2.62. The lowest BCUT2D eigenvalue weighted by Gasteiger charge is -2.42. The number of hydrogen-bond acceptors (Lipinski definition) is 9. The Morgan fingerprint density at radius 2 is 1.45 bits per heavy atom. The third kappa shape index (κ3) is 7.92. The Bertz CT molecular complexity index is 683. The summed E-state index contributed by atoms with van der Waals surface area (Å²) in [6, 6.07) is 0. The molecule has 1 aliphatic heterocycles. The van der Waals surface area contributed by atoms with Crippen molar-refractivity contribution in [1.82, 2.24) is 0 Å². The second kappa shape index (κ2) is 10.6. The molecule has 1 heterocycles. The molecule has 1 saturated heterocycles. The van der Waals surface area contributed by atoms with E-state index in [1.165, 1.54) is 0 Å². The quantitative estimate of drug-likeness (QED) is 0.329. The number of ether oxygens (including phenoxy) is 5. The lowest BCUT2D eigenvalue weighted by molar-refractivity contribution is -0.290. The molecule has 0 aromatic carbocycles. The van der Waals surface area contributed by atoms with Gasteiger partial charge in [-0.1, -0.05) is 0 Å². The fourth-order valence-corrected chi connectivity index (χ4v) is 2.44. The smallest absolute Gasteiger partial charge is 0.321 e. The number of alkyl halides is 2. The highest BCUT2D eigenvalue weighted by Gasteiger charge is 2.53. The van der Waals surface area contributed by atoms with Gasteiger partial charge in [-0.15, -0.1) is 11.6 Å². The van der Waals surface area contributed by atoms with Crippen molar-refractivity contribution < 1.29 is 47.3 Å². The molecule has 31 heavy (non-hydrogen) atoms. The molecule has 0 aromatic heterocycles. The average molecular weight is 469 g/mol. The summed E-state index contributed by atoms with van der Waals surface area (Å²) in [4.78, 5) is 47.8. The first-order valence-electron chi connectivity index (χ1n) is 9.68. The van der Waals surface area contributed by atoms with Gasteiger partial charge >= 0.3 is 23.9 Å². The summed E-state index contributed by atoms with van der Waals surface area (Å²) in [6.07, 6.45) is -8.47. The third-order valence-corrected chi connectivity index (χ3v) is 4.29. The zero-order valence-corrected chi connectivity index (χ0v) is 19.5. The standard InChI is InChI=1S/C20H30ClFO9/c1-10(23)28-16-15(30-12(24)8-21)14(31-18(26)20(5,6)7)13(22)11(29-16)9-27-17(25)19(2,3)4/h11,13-16H,8-9H2,1-7H3/t11?,13-,14+,15?,16+/m1/s1. The van der Waals surface area contributed by atoms with Crippen LogP contribution in [0, 0.1) is 10.8 Å². The predicted molar refractivity (Wildman–Crippen MR) is 106 cm³/mol. The molecule has 9 nitrogen and oxygen atoms in total. The predicted octanol–water partition coefficient (Wildman–Crippen LogP) is 2.31. The first-order chi connectivity index (χ1) is 14.1. The molecule has 5 atom stereocenters. The Kier molecular flexibility index (Phi) is 9.25. The van der Waals surface area contributed by atoms with E-state index in [1.807, 2.05) is 0 Å². The summed E-state index contributed by atoms with van der Waals surface area (Å²) in [5.74, 6) is -3.77. The number of hydrogen-bond donors (Lipinski definition) is 0. The third-order valence-electron chi connectivity index (χ3n) is 4.08. The SMILES string of the molecule is CC(=O)O[C@H]1OC(COC(=O)C(C)(C)C)[C@@H](F)[C@H](OC(=O)C(C)(C)C)C1OC(=O)CCl. The van der Waals surface area contributed by atoms with Gasteiger partial charge in [-0.05, 0) is 41.5 Å². The molecule has 0 spiro atoms. The molecule has 2 unspecified atom stereocenters. The van der Waals surface area contributed by atoms with Crippen LogP contribution in [-0.2, 0) is 42.9 Å². The first kappa shape index (κ1) is 27.1. The van der Waals surface area contributed by atoms with Crippen molar-refractivity contribution in [2.24, 2.45) is 10.8 Å². The van der Waals surface area contributed by atoms with Gasteiger partial charge in [0.25, 0.3) is 0 Å². The van der Waals surface area contributed by atoms with Crippen LogP contribution in [0.25, 0.3) is 0 Å². The van der Waals surface area contributed by atoms with Crippen LogP contribution in [0.5, 0.6) is 0 Å². The van der Waals surface area contributed by atoms with Crippen molar-refractivity contribution in [2.75, 3.05) is 12.5 Å². The van der Waals surface area contributed by atoms with E-state index in [2.05, 4.69) is 0 Å². The van der Waals surface area contributed by atoms with Gasteiger partial charge in [-0.3, -0.25) is 19.2 Å². The van der Waals surface area contributed by atoms with Gasteiger partial charge in [0.15, 0.2) is 12.3 Å². The molecule has 11 heteroatoms. The van der Waals surface area contributed by atoms with Crippen molar-refractivity contribution in [3.05, 3.63) is 0 Å². The fraction of sp³-hybridized carbons (Fsp3) is 0.800. The molecular formula is C20H30ClFO9. The molecule has 0 bridgehead atoms. The molecule has 0 N–H and O–H groups in total. The van der Waals surface area contributed by atoms with Gasteiger partial charge in [0, 0.05) is 6.92 Å². The van der Waals surface area contributed by atoms with Crippen LogP contribution < -0.4 is 0 Å². The van der Waals surface area contributed by atoms with E-state index >= 15 is 4.39 Å². The molecule has 0 amide bonds. The van der Waals surface area contributed by atoms with E-state index in [0.717, 1.165) is 6.92 Å². The van der Waals surface area contributed by atoms with E-state index in [9.17, 15) is 19.2 Å². The summed E-state index contributed by atoms with van der Waals surface area (Å²) in [7, 11) is 0. The summed E-state index contributed by atoms with van der Waals surface area (Å²) in [6.45, 7) is 10.0. The zero-order valence-electron chi connectivity index (χ0n) is 18.7. The fourth-order valence-electron chi connectivity index (χ4n) is 2.37. The summed E-state index contributed by atoms with van der Waals surface area (Å²) >= 11 is 5.46. The maximum absolute atomic E-state index is 15.4. The van der Waals surface area contributed by atoms with Crippen LogP contribution >= 0.6 is 11.6 Å².